The maximum Gasteiger partial charge on any atom is 0.471 e. The normalized spacial score (nSPS) is 11.0. The monoisotopic (exact) mass is 322 g/mol. The van der Waals surface area contributed by atoms with Crippen molar-refractivity contribution in [3.8, 4) is 0 Å². The number of hydrogen-bond donors (Lipinski definition) is 2. The van der Waals surface area contributed by atoms with E-state index in [1.807, 2.05) is 6.92 Å². The molecule has 2 rings (SSSR count). The Morgan fingerprint density at radius 2 is 1.30 bits per heavy atom. The molecule has 0 aliphatic carbocycles. The number of nitrogens with one attached hydrogen (secondary N) is 2. The molecule has 0 aliphatic rings. The molecule has 7 heteroatoms. The third-order valence-corrected chi connectivity index (χ3v) is 2.97. The highest BCUT2D eigenvalue weighted by molar-refractivity contribution is 6.04. The van der Waals surface area contributed by atoms with Gasteiger partial charge in [-0.25, -0.2) is 0 Å². The van der Waals surface area contributed by atoms with E-state index in [9.17, 15) is 22.8 Å². The van der Waals surface area contributed by atoms with E-state index in [1.165, 1.54) is 24.3 Å². The van der Waals surface area contributed by atoms with Gasteiger partial charge in [-0.15, -0.1) is 0 Å². The van der Waals surface area contributed by atoms with E-state index >= 15 is 0 Å². The molecular formula is C16H13F3N2O2. The van der Waals surface area contributed by atoms with Crippen molar-refractivity contribution in [2.24, 2.45) is 0 Å². The first-order chi connectivity index (χ1) is 10.8. The van der Waals surface area contributed by atoms with Crippen molar-refractivity contribution in [3.63, 3.8) is 0 Å². The summed E-state index contributed by atoms with van der Waals surface area (Å²) in [4.78, 5) is 22.8. The molecule has 23 heavy (non-hydrogen) atoms. The molecule has 2 aromatic carbocycles. The summed E-state index contributed by atoms with van der Waals surface area (Å²) in [5.41, 5.74) is 1.87. The maximum absolute atomic E-state index is 12.1. The van der Waals surface area contributed by atoms with Crippen LogP contribution in [0.5, 0.6) is 0 Å². The van der Waals surface area contributed by atoms with Crippen molar-refractivity contribution in [1.82, 2.24) is 0 Å². The van der Waals surface area contributed by atoms with Crippen LogP contribution in [-0.4, -0.2) is 18.0 Å². The van der Waals surface area contributed by atoms with E-state index < -0.39 is 12.1 Å². The van der Waals surface area contributed by atoms with Gasteiger partial charge in [-0.3, -0.25) is 9.59 Å². The highest BCUT2D eigenvalue weighted by Crippen LogP contribution is 2.20. The van der Waals surface area contributed by atoms with Crippen molar-refractivity contribution in [3.05, 3.63) is 59.7 Å². The highest BCUT2D eigenvalue weighted by atomic mass is 19.4. The summed E-state index contributed by atoms with van der Waals surface area (Å²) in [6.45, 7) is 1.90. The van der Waals surface area contributed by atoms with Gasteiger partial charge in [0.05, 0.1) is 0 Å². The Morgan fingerprint density at radius 1 is 0.826 bits per heavy atom. The van der Waals surface area contributed by atoms with Crippen LogP contribution in [-0.2, 0) is 4.79 Å². The summed E-state index contributed by atoms with van der Waals surface area (Å²) < 4.78 is 36.4. The Hall–Kier alpha value is -2.83. The number of anilines is 2. The Morgan fingerprint density at radius 3 is 1.78 bits per heavy atom. The zero-order valence-electron chi connectivity index (χ0n) is 12.1. The van der Waals surface area contributed by atoms with Crippen LogP contribution in [0.4, 0.5) is 24.5 Å². The summed E-state index contributed by atoms with van der Waals surface area (Å²) in [5.74, 6) is -2.38. The second kappa shape index (κ2) is 6.51. The summed E-state index contributed by atoms with van der Waals surface area (Å²) in [6, 6.07) is 12.3. The first kappa shape index (κ1) is 16.5. The van der Waals surface area contributed by atoms with Gasteiger partial charge in [-0.2, -0.15) is 13.2 Å². The number of hydrogen-bond acceptors (Lipinski definition) is 2. The largest absolute Gasteiger partial charge is 0.471 e. The number of rotatable bonds is 3. The first-order valence-corrected chi connectivity index (χ1v) is 6.62. The fourth-order valence-corrected chi connectivity index (χ4v) is 1.75. The number of carbonyl (C=O) groups is 2. The zero-order valence-corrected chi connectivity index (χ0v) is 12.1. The molecule has 2 N–H and O–H groups in total. The third kappa shape index (κ3) is 4.57. The fourth-order valence-electron chi connectivity index (χ4n) is 1.75. The molecule has 0 spiro atoms. The van der Waals surface area contributed by atoms with Crippen LogP contribution >= 0.6 is 0 Å². The van der Waals surface area contributed by atoms with Gasteiger partial charge >= 0.3 is 12.1 Å². The molecule has 2 amide bonds. The molecule has 0 saturated carbocycles. The lowest BCUT2D eigenvalue weighted by atomic mass is 10.1. The minimum atomic E-state index is -4.95. The lowest BCUT2D eigenvalue weighted by Gasteiger charge is -2.09. The smallest absolute Gasteiger partial charge is 0.322 e. The first-order valence-electron chi connectivity index (χ1n) is 6.62. The molecule has 0 aliphatic heterocycles. The van der Waals surface area contributed by atoms with Gasteiger partial charge in [0.2, 0.25) is 0 Å². The molecule has 0 radical (unpaired) electrons. The Labute approximate surface area is 130 Å². The molecule has 0 unspecified atom stereocenters. The van der Waals surface area contributed by atoms with E-state index in [0.717, 1.165) is 5.56 Å². The number of alkyl halides is 3. The van der Waals surface area contributed by atoms with E-state index in [-0.39, 0.29) is 11.6 Å². The number of aryl methyl sites for hydroxylation is 1. The molecule has 0 saturated heterocycles. The predicted octanol–water partition coefficient (Wildman–Crippen LogP) is 3.75. The SMILES string of the molecule is Cc1ccc(C(=O)Nc2ccc(NC(=O)C(F)(F)F)cc2)cc1. The van der Waals surface area contributed by atoms with E-state index in [0.29, 0.717) is 11.3 Å². The lowest BCUT2D eigenvalue weighted by Crippen LogP contribution is -2.29. The predicted molar refractivity (Wildman–Crippen MR) is 80.3 cm³/mol. The minimum absolute atomic E-state index is 0.0133. The zero-order chi connectivity index (χ0) is 17.0. The maximum atomic E-state index is 12.1. The van der Waals surface area contributed by atoms with Gasteiger partial charge in [0.1, 0.15) is 0 Å². The molecule has 0 aromatic heterocycles. The number of carbonyl (C=O) groups excluding carboxylic acids is 2. The topological polar surface area (TPSA) is 58.2 Å². The van der Waals surface area contributed by atoms with Crippen LogP contribution in [0.1, 0.15) is 15.9 Å². The number of amides is 2. The Kier molecular flexibility index (Phi) is 4.68. The molecule has 120 valence electrons. The molecular weight excluding hydrogens is 309 g/mol. The molecule has 2 aromatic rings. The van der Waals surface area contributed by atoms with Crippen molar-refractivity contribution >= 4 is 23.2 Å². The Balaban J connectivity index is 2.01. The van der Waals surface area contributed by atoms with Crippen molar-refractivity contribution in [1.29, 1.82) is 0 Å². The number of benzene rings is 2. The van der Waals surface area contributed by atoms with Crippen LogP contribution in [0.15, 0.2) is 48.5 Å². The molecule has 0 atom stereocenters. The highest BCUT2D eigenvalue weighted by Gasteiger charge is 2.38. The van der Waals surface area contributed by atoms with Gasteiger partial charge in [0, 0.05) is 16.9 Å². The van der Waals surface area contributed by atoms with Crippen LogP contribution in [0.25, 0.3) is 0 Å². The molecule has 0 fully saturated rings. The lowest BCUT2D eigenvalue weighted by molar-refractivity contribution is -0.167. The van der Waals surface area contributed by atoms with Gasteiger partial charge in [-0.1, -0.05) is 17.7 Å². The average Bonchev–Trinajstić information content (AvgIpc) is 2.49. The van der Waals surface area contributed by atoms with Crippen LogP contribution in [0, 0.1) is 6.92 Å². The van der Waals surface area contributed by atoms with Gasteiger partial charge in [0.15, 0.2) is 0 Å². The van der Waals surface area contributed by atoms with Crippen molar-refractivity contribution < 1.29 is 22.8 Å². The molecule has 0 bridgehead atoms. The van der Waals surface area contributed by atoms with Crippen LogP contribution in [0.2, 0.25) is 0 Å². The minimum Gasteiger partial charge on any atom is -0.322 e. The van der Waals surface area contributed by atoms with E-state index in [1.54, 1.807) is 29.6 Å². The van der Waals surface area contributed by atoms with Gasteiger partial charge in [0.25, 0.3) is 5.91 Å². The standard InChI is InChI=1S/C16H13F3N2O2/c1-10-2-4-11(5-3-10)14(22)20-12-6-8-13(9-7-12)21-15(23)16(17,18)19/h2-9H,1H3,(H,20,22)(H,21,23). The second-order valence-electron chi connectivity index (χ2n) is 4.85. The summed E-state index contributed by atoms with van der Waals surface area (Å²) in [6.07, 6.45) is -4.95. The summed E-state index contributed by atoms with van der Waals surface area (Å²) in [5, 5.41) is 4.34. The average molecular weight is 322 g/mol. The van der Waals surface area contributed by atoms with Crippen LogP contribution in [0.3, 0.4) is 0 Å². The summed E-state index contributed by atoms with van der Waals surface area (Å²) >= 11 is 0. The summed E-state index contributed by atoms with van der Waals surface area (Å²) in [7, 11) is 0. The molecule has 0 heterocycles. The van der Waals surface area contributed by atoms with Gasteiger partial charge in [-0.05, 0) is 43.3 Å². The van der Waals surface area contributed by atoms with Crippen molar-refractivity contribution in [2.75, 3.05) is 10.6 Å². The fraction of sp³-hybridized carbons (Fsp3) is 0.125. The Bertz CT molecular complexity index is 708. The van der Waals surface area contributed by atoms with Crippen molar-refractivity contribution in [2.45, 2.75) is 13.1 Å². The third-order valence-electron chi connectivity index (χ3n) is 2.97. The van der Waals surface area contributed by atoms with Crippen LogP contribution < -0.4 is 10.6 Å². The molecule has 4 nitrogen and oxygen atoms in total. The number of halogens is 3. The van der Waals surface area contributed by atoms with E-state index in [2.05, 4.69) is 5.32 Å². The second-order valence-corrected chi connectivity index (χ2v) is 4.85. The van der Waals surface area contributed by atoms with E-state index in [4.69, 9.17) is 0 Å². The quantitative estimate of drug-likeness (QED) is 0.904. The van der Waals surface area contributed by atoms with Gasteiger partial charge < -0.3 is 10.6 Å².